The molecule has 13 heteroatoms. The molecule has 3 atom stereocenters. The number of aryl methyl sites for hydroxylation is 1. The van der Waals surface area contributed by atoms with Crippen molar-refractivity contribution in [2.24, 2.45) is 0 Å². The number of rotatable bonds is 9. The van der Waals surface area contributed by atoms with E-state index in [2.05, 4.69) is 51.6 Å². The third kappa shape index (κ3) is 7.35. The number of hydrogen-bond donors (Lipinski definition) is 0. The maximum absolute atomic E-state index is 13.3. The van der Waals surface area contributed by atoms with Crippen LogP contribution < -0.4 is 14.5 Å². The quantitative estimate of drug-likeness (QED) is 0.214. The Morgan fingerprint density at radius 3 is 2.68 bits per heavy atom. The number of likely N-dealkylation sites (tertiary alicyclic amines) is 1. The lowest BCUT2D eigenvalue weighted by Crippen LogP contribution is -2.55. The van der Waals surface area contributed by atoms with Crippen molar-refractivity contribution in [1.29, 1.82) is 5.26 Å². The Hall–Kier alpha value is -4.93. The molecule has 1 amide bonds. The number of carbonyl (C=O) groups excluding carboxylic acids is 1. The molecule has 2 aromatic heterocycles. The minimum absolute atomic E-state index is 0.0381. The van der Waals surface area contributed by atoms with Gasteiger partial charge in [0.25, 0.3) is 0 Å². The van der Waals surface area contributed by atoms with E-state index < -0.39 is 6.09 Å². The van der Waals surface area contributed by atoms with E-state index in [9.17, 15) is 10.1 Å². The van der Waals surface area contributed by atoms with Gasteiger partial charge in [-0.15, -0.1) is 0 Å². The Bertz CT molecular complexity index is 1960. The highest BCUT2D eigenvalue weighted by atomic mass is 16.6. The first-order chi connectivity index (χ1) is 26.0. The van der Waals surface area contributed by atoms with Crippen molar-refractivity contribution in [3.8, 4) is 12.1 Å². The minimum Gasteiger partial charge on any atom is -0.462 e. The van der Waals surface area contributed by atoms with Crippen molar-refractivity contribution in [2.75, 3.05) is 62.8 Å². The fourth-order valence-electron chi connectivity index (χ4n) is 8.42. The standard InChI is InChI=1S/C40H49N9O4/c1-28-13-14-35-33(23-42-49(35)36-12-6-7-22-51-36)37(28)46-19-16-32-34(25-46)43-39(52-27-31-11-8-18-45(31)2)44-38(32)47-20-21-48(30(24-47)15-17-41)40(50)53-26-29-9-4-3-5-10-29/h3-5,9-10,13-14,23,30-31,36H,6-8,11-12,15-16,18-22,24-27H2,1-2H3/t30-,31-,36?/m0/s1. The van der Waals surface area contributed by atoms with Gasteiger partial charge in [0.05, 0.1) is 48.2 Å². The molecule has 1 unspecified atom stereocenters. The van der Waals surface area contributed by atoms with Crippen molar-refractivity contribution in [3.63, 3.8) is 0 Å². The molecule has 278 valence electrons. The lowest BCUT2D eigenvalue weighted by molar-refractivity contribution is -0.0366. The summed E-state index contributed by atoms with van der Waals surface area (Å²) in [4.78, 5) is 32.1. The highest BCUT2D eigenvalue weighted by Gasteiger charge is 2.35. The van der Waals surface area contributed by atoms with Crippen LogP contribution >= 0.6 is 0 Å². The van der Waals surface area contributed by atoms with E-state index in [0.29, 0.717) is 44.8 Å². The molecular weight excluding hydrogens is 670 g/mol. The van der Waals surface area contributed by atoms with Crippen LogP contribution in [0.3, 0.4) is 0 Å². The predicted octanol–water partition coefficient (Wildman–Crippen LogP) is 5.61. The number of nitriles is 1. The first-order valence-corrected chi connectivity index (χ1v) is 19.1. The van der Waals surface area contributed by atoms with Crippen LogP contribution in [0.25, 0.3) is 10.9 Å². The number of piperazine rings is 1. The van der Waals surface area contributed by atoms with E-state index in [1.54, 1.807) is 4.90 Å². The molecule has 3 saturated heterocycles. The summed E-state index contributed by atoms with van der Waals surface area (Å²) < 4.78 is 20.3. The Morgan fingerprint density at radius 2 is 1.89 bits per heavy atom. The summed E-state index contributed by atoms with van der Waals surface area (Å²) in [5, 5.41) is 15.8. The molecule has 0 spiro atoms. The third-order valence-corrected chi connectivity index (χ3v) is 11.3. The number of nitrogens with zero attached hydrogens (tertiary/aromatic N) is 9. The summed E-state index contributed by atoms with van der Waals surface area (Å²) in [6.45, 7) is 7.53. The van der Waals surface area contributed by atoms with E-state index in [-0.39, 0.29) is 25.3 Å². The molecule has 4 aromatic rings. The highest BCUT2D eigenvalue weighted by Crippen LogP contribution is 2.38. The summed E-state index contributed by atoms with van der Waals surface area (Å²) in [5.41, 5.74) is 6.40. The van der Waals surface area contributed by atoms with Gasteiger partial charge in [-0.25, -0.2) is 9.48 Å². The molecular formula is C40H49N9O4. The van der Waals surface area contributed by atoms with E-state index in [1.807, 2.05) is 36.5 Å². The summed E-state index contributed by atoms with van der Waals surface area (Å²) in [5.74, 6) is 0.835. The maximum atomic E-state index is 13.3. The number of hydrogen-bond acceptors (Lipinski definition) is 11. The Balaban J connectivity index is 1.07. The van der Waals surface area contributed by atoms with E-state index >= 15 is 0 Å². The maximum Gasteiger partial charge on any atom is 0.410 e. The molecule has 0 aliphatic carbocycles. The molecule has 4 aliphatic heterocycles. The fraction of sp³-hybridized carbons (Fsp3) is 0.525. The van der Waals surface area contributed by atoms with Crippen LogP contribution in [0.1, 0.15) is 67.1 Å². The van der Waals surface area contributed by atoms with Gasteiger partial charge in [-0.2, -0.15) is 20.3 Å². The predicted molar refractivity (Wildman–Crippen MR) is 201 cm³/mol. The summed E-state index contributed by atoms with van der Waals surface area (Å²) in [6.07, 6.45) is 7.93. The van der Waals surface area contributed by atoms with Crippen LogP contribution in [0, 0.1) is 18.3 Å². The van der Waals surface area contributed by atoms with E-state index in [4.69, 9.17) is 29.3 Å². The molecule has 0 radical (unpaired) electrons. The monoisotopic (exact) mass is 719 g/mol. The second-order valence-electron chi connectivity index (χ2n) is 14.8. The topological polar surface area (TPSA) is 125 Å². The van der Waals surface area contributed by atoms with Crippen LogP contribution in [-0.2, 0) is 29.0 Å². The Morgan fingerprint density at radius 1 is 1.00 bits per heavy atom. The molecule has 2 aromatic carbocycles. The number of anilines is 2. The molecule has 3 fully saturated rings. The average Bonchev–Trinajstić information content (AvgIpc) is 3.82. The fourth-order valence-corrected chi connectivity index (χ4v) is 8.42. The lowest BCUT2D eigenvalue weighted by atomic mass is 10.0. The number of aromatic nitrogens is 4. The molecule has 0 N–H and O–H groups in total. The van der Waals surface area contributed by atoms with Crippen LogP contribution in [0.2, 0.25) is 0 Å². The van der Waals surface area contributed by atoms with Crippen molar-refractivity contribution in [3.05, 3.63) is 71.0 Å². The first kappa shape index (κ1) is 35.1. The van der Waals surface area contributed by atoms with Crippen molar-refractivity contribution in [2.45, 2.75) is 83.3 Å². The van der Waals surface area contributed by atoms with Gasteiger partial charge in [-0.3, -0.25) is 0 Å². The SMILES string of the molecule is Cc1ccc2c(cnn2C2CCCCO2)c1N1CCc2c(nc(OC[C@@H]3CCCN3C)nc2N2CCN(C(=O)OCc3ccccc3)[C@@H](CC#N)C2)C1. The number of ether oxygens (including phenoxy) is 3. The molecule has 13 nitrogen and oxygen atoms in total. The summed E-state index contributed by atoms with van der Waals surface area (Å²) >= 11 is 0. The van der Waals surface area contributed by atoms with E-state index in [1.165, 1.54) is 11.3 Å². The normalized spacial score (nSPS) is 22.1. The van der Waals surface area contributed by atoms with Crippen LogP contribution in [0.5, 0.6) is 6.01 Å². The lowest BCUT2D eigenvalue weighted by Gasteiger charge is -2.42. The number of benzene rings is 2. The van der Waals surface area contributed by atoms with Gasteiger partial charge in [0.2, 0.25) is 0 Å². The number of likely N-dealkylation sites (N-methyl/N-ethyl adjacent to an activating group) is 1. The zero-order valence-corrected chi connectivity index (χ0v) is 30.8. The highest BCUT2D eigenvalue weighted by molar-refractivity contribution is 5.94. The number of carbonyl (C=O) groups is 1. The number of fused-ring (bicyclic) bond motifs is 2. The second-order valence-corrected chi connectivity index (χ2v) is 14.8. The molecule has 0 bridgehead atoms. The Labute approximate surface area is 311 Å². The Kier molecular flexibility index (Phi) is 10.3. The van der Waals surface area contributed by atoms with Gasteiger partial charge in [-0.05, 0) is 76.2 Å². The molecule has 8 rings (SSSR count). The minimum atomic E-state index is -0.401. The van der Waals surface area contributed by atoms with Gasteiger partial charge in [0.15, 0.2) is 6.23 Å². The van der Waals surface area contributed by atoms with Gasteiger partial charge in [-0.1, -0.05) is 36.4 Å². The third-order valence-electron chi connectivity index (χ3n) is 11.3. The van der Waals surface area contributed by atoms with Crippen molar-refractivity contribution < 1.29 is 19.0 Å². The average molecular weight is 720 g/mol. The van der Waals surface area contributed by atoms with Gasteiger partial charge < -0.3 is 33.8 Å². The van der Waals surface area contributed by atoms with Gasteiger partial charge >= 0.3 is 12.1 Å². The van der Waals surface area contributed by atoms with Crippen molar-refractivity contribution >= 4 is 28.5 Å². The van der Waals surface area contributed by atoms with Crippen LogP contribution in [0.4, 0.5) is 16.3 Å². The largest absolute Gasteiger partial charge is 0.462 e. The number of amides is 1. The summed E-state index contributed by atoms with van der Waals surface area (Å²) in [7, 11) is 2.14. The summed E-state index contributed by atoms with van der Waals surface area (Å²) in [6, 6.07) is 16.7. The van der Waals surface area contributed by atoms with E-state index in [0.717, 1.165) is 91.8 Å². The molecule has 6 heterocycles. The first-order valence-electron chi connectivity index (χ1n) is 19.1. The smallest absolute Gasteiger partial charge is 0.410 e. The zero-order valence-electron chi connectivity index (χ0n) is 30.8. The zero-order chi connectivity index (χ0) is 36.3. The van der Waals surface area contributed by atoms with Crippen LogP contribution in [-0.4, -0.2) is 101 Å². The van der Waals surface area contributed by atoms with Gasteiger partial charge in [0.1, 0.15) is 19.0 Å². The van der Waals surface area contributed by atoms with Crippen molar-refractivity contribution in [1.82, 2.24) is 29.5 Å². The molecule has 0 saturated carbocycles. The molecule has 53 heavy (non-hydrogen) atoms. The second kappa shape index (κ2) is 15.6. The van der Waals surface area contributed by atoms with Gasteiger partial charge in [0, 0.05) is 49.8 Å². The molecule has 4 aliphatic rings. The van der Waals surface area contributed by atoms with Crippen LogP contribution in [0.15, 0.2) is 48.7 Å².